The van der Waals surface area contributed by atoms with Crippen LogP contribution in [0.5, 0.6) is 0 Å². The van der Waals surface area contributed by atoms with E-state index in [1.165, 1.54) is 0 Å². The molecule has 0 bridgehead atoms. The molecule has 0 aliphatic carbocycles. The van der Waals surface area contributed by atoms with Crippen LogP contribution in [0.15, 0.2) is 24.4 Å². The highest BCUT2D eigenvalue weighted by Gasteiger charge is 2.24. The van der Waals surface area contributed by atoms with Crippen LogP contribution in [0.4, 0.5) is 0 Å². The number of hydrogen-bond donors (Lipinski definition) is 0. The number of nitrogens with zero attached hydrogens (tertiary/aromatic N) is 3. The largest absolute Gasteiger partial charge is 0.339 e. The van der Waals surface area contributed by atoms with Gasteiger partial charge in [-0.2, -0.15) is 5.10 Å². The molecule has 2 aromatic rings. The molecule has 0 radical (unpaired) electrons. The number of hydrogen-bond acceptors (Lipinski definition) is 2. The molecular weight excluding hydrogens is 321 g/mol. The van der Waals surface area contributed by atoms with E-state index in [0.717, 1.165) is 43.7 Å². The van der Waals surface area contributed by atoms with Crippen LogP contribution in [0.25, 0.3) is 5.69 Å². The fraction of sp³-hybridized carbons (Fsp3) is 0.375. The molecule has 0 saturated carbocycles. The zero-order valence-corrected chi connectivity index (χ0v) is 13.9. The summed E-state index contributed by atoms with van der Waals surface area (Å²) in [5.74, 6) is 0.0701. The molecule has 1 aromatic heterocycles. The molecule has 0 unspecified atom stereocenters. The summed E-state index contributed by atoms with van der Waals surface area (Å²) in [6.07, 6.45) is 4.53. The zero-order valence-electron chi connectivity index (χ0n) is 12.4. The summed E-state index contributed by atoms with van der Waals surface area (Å²) < 4.78 is 1.77. The van der Waals surface area contributed by atoms with Crippen LogP contribution in [0, 0.1) is 0 Å². The first-order chi connectivity index (χ1) is 10.6. The van der Waals surface area contributed by atoms with Crippen molar-refractivity contribution < 1.29 is 4.79 Å². The Bertz CT molecular complexity index is 705. The Kier molecular flexibility index (Phi) is 4.41. The van der Waals surface area contributed by atoms with Gasteiger partial charge in [-0.25, -0.2) is 4.68 Å². The van der Waals surface area contributed by atoms with Gasteiger partial charge in [0.25, 0.3) is 5.91 Å². The molecule has 1 aromatic carbocycles. The van der Waals surface area contributed by atoms with Crippen molar-refractivity contribution in [2.75, 3.05) is 13.1 Å². The van der Waals surface area contributed by atoms with Crippen molar-refractivity contribution in [3.05, 3.63) is 45.7 Å². The summed E-state index contributed by atoms with van der Waals surface area (Å²) in [6, 6.07) is 5.35. The molecule has 1 fully saturated rings. The summed E-state index contributed by atoms with van der Waals surface area (Å²) in [5, 5.41) is 5.37. The summed E-state index contributed by atoms with van der Waals surface area (Å²) in [4.78, 5) is 14.5. The van der Waals surface area contributed by atoms with E-state index in [9.17, 15) is 4.79 Å². The monoisotopic (exact) mass is 337 g/mol. The Balaban J connectivity index is 1.99. The van der Waals surface area contributed by atoms with Crippen LogP contribution in [-0.2, 0) is 6.42 Å². The van der Waals surface area contributed by atoms with Crippen molar-refractivity contribution in [1.29, 1.82) is 0 Å². The van der Waals surface area contributed by atoms with E-state index in [-0.39, 0.29) is 5.91 Å². The normalized spacial score (nSPS) is 14.6. The first-order valence-corrected chi connectivity index (χ1v) is 8.19. The van der Waals surface area contributed by atoms with Crippen molar-refractivity contribution >= 4 is 29.1 Å². The third-order valence-electron chi connectivity index (χ3n) is 3.98. The van der Waals surface area contributed by atoms with Crippen LogP contribution < -0.4 is 0 Å². The minimum absolute atomic E-state index is 0.0701. The number of likely N-dealkylation sites (tertiary alicyclic amines) is 1. The van der Waals surface area contributed by atoms with Crippen LogP contribution in [0.1, 0.15) is 35.8 Å². The van der Waals surface area contributed by atoms with E-state index < -0.39 is 0 Å². The van der Waals surface area contributed by atoms with Gasteiger partial charge in [-0.1, -0.05) is 30.1 Å². The topological polar surface area (TPSA) is 38.1 Å². The molecule has 116 valence electrons. The van der Waals surface area contributed by atoms with Gasteiger partial charge in [-0.15, -0.1) is 0 Å². The van der Waals surface area contributed by atoms with Crippen LogP contribution in [0.3, 0.4) is 0 Å². The third kappa shape index (κ3) is 2.73. The minimum Gasteiger partial charge on any atom is -0.339 e. The van der Waals surface area contributed by atoms with Crippen LogP contribution in [0.2, 0.25) is 10.0 Å². The lowest BCUT2D eigenvalue weighted by molar-refractivity contribution is 0.0791. The first kappa shape index (κ1) is 15.4. The standard InChI is InChI=1S/C16H17Cl2N3O/c1-2-15-12(16(22)20-7-3-4-8-20)10-19-21(15)11-5-6-13(17)14(18)9-11/h5-6,9-10H,2-4,7-8H2,1H3. The molecule has 0 atom stereocenters. The van der Waals surface area contributed by atoms with E-state index in [4.69, 9.17) is 23.2 Å². The molecule has 1 amide bonds. The van der Waals surface area contributed by atoms with Gasteiger partial charge in [0, 0.05) is 13.1 Å². The number of amides is 1. The average molecular weight is 338 g/mol. The number of rotatable bonds is 3. The Hall–Kier alpha value is -1.52. The molecule has 1 saturated heterocycles. The highest BCUT2D eigenvalue weighted by Crippen LogP contribution is 2.26. The lowest BCUT2D eigenvalue weighted by Crippen LogP contribution is -2.28. The van der Waals surface area contributed by atoms with E-state index >= 15 is 0 Å². The minimum atomic E-state index is 0.0701. The first-order valence-electron chi connectivity index (χ1n) is 7.43. The molecule has 6 heteroatoms. The number of aromatic nitrogens is 2. The van der Waals surface area contributed by atoms with Crippen molar-refractivity contribution in [3.8, 4) is 5.69 Å². The molecule has 1 aliphatic rings. The molecule has 22 heavy (non-hydrogen) atoms. The van der Waals surface area contributed by atoms with Gasteiger partial charge in [-0.05, 0) is 37.5 Å². The second kappa shape index (κ2) is 6.31. The number of halogens is 2. The van der Waals surface area contributed by atoms with Crippen molar-refractivity contribution in [2.24, 2.45) is 0 Å². The van der Waals surface area contributed by atoms with E-state index in [2.05, 4.69) is 5.10 Å². The molecule has 0 N–H and O–H groups in total. The fourth-order valence-corrected chi connectivity index (χ4v) is 3.11. The Morgan fingerprint density at radius 3 is 2.59 bits per heavy atom. The Labute approximate surface area is 139 Å². The highest BCUT2D eigenvalue weighted by atomic mass is 35.5. The maximum atomic E-state index is 12.6. The maximum Gasteiger partial charge on any atom is 0.257 e. The number of benzene rings is 1. The van der Waals surface area contributed by atoms with E-state index in [1.807, 2.05) is 17.9 Å². The SMILES string of the molecule is CCc1c(C(=O)N2CCCC2)cnn1-c1ccc(Cl)c(Cl)c1. The van der Waals surface area contributed by atoms with Crippen LogP contribution >= 0.6 is 23.2 Å². The smallest absolute Gasteiger partial charge is 0.257 e. The predicted octanol–water partition coefficient (Wildman–Crippen LogP) is 3.98. The van der Waals surface area contributed by atoms with Crippen molar-refractivity contribution in [3.63, 3.8) is 0 Å². The molecule has 1 aliphatic heterocycles. The Morgan fingerprint density at radius 2 is 1.95 bits per heavy atom. The van der Waals surface area contributed by atoms with Gasteiger partial charge in [0.05, 0.1) is 33.2 Å². The predicted molar refractivity (Wildman–Crippen MR) is 88.1 cm³/mol. The zero-order chi connectivity index (χ0) is 15.7. The van der Waals surface area contributed by atoms with Gasteiger partial charge < -0.3 is 4.90 Å². The van der Waals surface area contributed by atoms with E-state index in [0.29, 0.717) is 15.6 Å². The van der Waals surface area contributed by atoms with Gasteiger partial charge >= 0.3 is 0 Å². The molecule has 3 rings (SSSR count). The molecule has 4 nitrogen and oxygen atoms in total. The third-order valence-corrected chi connectivity index (χ3v) is 4.71. The lowest BCUT2D eigenvalue weighted by atomic mass is 10.1. The quantitative estimate of drug-likeness (QED) is 0.849. The fourth-order valence-electron chi connectivity index (χ4n) is 2.82. The summed E-state index contributed by atoms with van der Waals surface area (Å²) >= 11 is 12.0. The Morgan fingerprint density at radius 1 is 1.23 bits per heavy atom. The molecule has 2 heterocycles. The maximum absolute atomic E-state index is 12.6. The summed E-state index contributed by atoms with van der Waals surface area (Å²) in [7, 11) is 0. The van der Waals surface area contributed by atoms with Crippen LogP contribution in [-0.4, -0.2) is 33.7 Å². The van der Waals surface area contributed by atoms with E-state index in [1.54, 1.807) is 23.0 Å². The second-order valence-corrected chi connectivity index (χ2v) is 6.18. The van der Waals surface area contributed by atoms with Gasteiger partial charge in [0.1, 0.15) is 0 Å². The molecule has 0 spiro atoms. The lowest BCUT2D eigenvalue weighted by Gasteiger charge is -2.15. The number of carbonyl (C=O) groups excluding carboxylic acids is 1. The van der Waals surface area contributed by atoms with Gasteiger partial charge in [0.2, 0.25) is 0 Å². The van der Waals surface area contributed by atoms with Crippen molar-refractivity contribution in [1.82, 2.24) is 14.7 Å². The molecular formula is C16H17Cl2N3O. The van der Waals surface area contributed by atoms with Gasteiger partial charge in [-0.3, -0.25) is 4.79 Å². The number of carbonyl (C=O) groups is 1. The van der Waals surface area contributed by atoms with Gasteiger partial charge in [0.15, 0.2) is 0 Å². The van der Waals surface area contributed by atoms with Crippen molar-refractivity contribution in [2.45, 2.75) is 26.2 Å². The average Bonchev–Trinajstić information content (AvgIpc) is 3.18. The second-order valence-electron chi connectivity index (χ2n) is 5.37. The highest BCUT2D eigenvalue weighted by molar-refractivity contribution is 6.42. The summed E-state index contributed by atoms with van der Waals surface area (Å²) in [6.45, 7) is 3.69. The summed E-state index contributed by atoms with van der Waals surface area (Å²) in [5.41, 5.74) is 2.39.